The maximum Gasteiger partial charge on any atom is 0.353 e. The lowest BCUT2D eigenvalue weighted by Crippen LogP contribution is -2.13. The van der Waals surface area contributed by atoms with Crippen molar-refractivity contribution in [3.63, 3.8) is 0 Å². The van der Waals surface area contributed by atoms with E-state index in [4.69, 9.17) is 9.84 Å². The fourth-order valence-electron chi connectivity index (χ4n) is 1.49. The van der Waals surface area contributed by atoms with Gasteiger partial charge in [-0.3, -0.25) is 9.82 Å². The highest BCUT2D eigenvalue weighted by atomic mass is 79.9. The van der Waals surface area contributed by atoms with Crippen LogP contribution in [0.5, 0.6) is 5.75 Å². The minimum atomic E-state index is -3.88. The van der Waals surface area contributed by atoms with E-state index in [0.29, 0.717) is 10.2 Å². The number of nitrogens with one attached hydrogen (secondary N) is 2. The fourth-order valence-corrected chi connectivity index (χ4v) is 3.20. The molecule has 21 heavy (non-hydrogen) atoms. The Labute approximate surface area is 128 Å². The molecule has 2 aromatic rings. The first-order valence-corrected chi connectivity index (χ1v) is 7.76. The van der Waals surface area contributed by atoms with Crippen molar-refractivity contribution in [3.8, 4) is 5.75 Å². The third-order valence-corrected chi connectivity index (χ3v) is 4.45. The first-order valence-electron chi connectivity index (χ1n) is 5.48. The summed E-state index contributed by atoms with van der Waals surface area (Å²) in [5, 5.41) is 14.5. The number of anilines is 1. The Morgan fingerprint density at radius 2 is 2.14 bits per heavy atom. The summed E-state index contributed by atoms with van der Waals surface area (Å²) in [6, 6.07) is 5.30. The third kappa shape index (κ3) is 3.34. The van der Waals surface area contributed by atoms with Crippen LogP contribution in [0.4, 0.5) is 5.82 Å². The molecular weight excluding hydrogens is 366 g/mol. The molecule has 1 heterocycles. The van der Waals surface area contributed by atoms with E-state index >= 15 is 0 Å². The van der Waals surface area contributed by atoms with E-state index in [1.54, 1.807) is 0 Å². The van der Waals surface area contributed by atoms with Crippen LogP contribution in [0.3, 0.4) is 0 Å². The Hall–Kier alpha value is -2.07. The molecule has 0 saturated carbocycles. The zero-order chi connectivity index (χ0) is 15.6. The van der Waals surface area contributed by atoms with Gasteiger partial charge in [-0.25, -0.2) is 13.2 Å². The normalized spacial score (nSPS) is 11.1. The highest BCUT2D eigenvalue weighted by Crippen LogP contribution is 2.28. The maximum absolute atomic E-state index is 12.2. The number of hydrogen-bond donors (Lipinski definition) is 3. The molecular formula is C11H10BrN3O5S. The van der Waals surface area contributed by atoms with E-state index in [2.05, 4.69) is 30.8 Å². The summed E-state index contributed by atoms with van der Waals surface area (Å²) in [6.45, 7) is 0. The number of aromatic amines is 1. The lowest BCUT2D eigenvalue weighted by atomic mass is 10.3. The number of sulfonamides is 1. The predicted molar refractivity (Wildman–Crippen MR) is 77.0 cm³/mol. The van der Waals surface area contributed by atoms with E-state index < -0.39 is 16.0 Å². The number of aromatic carboxylic acids is 1. The molecule has 1 aromatic carbocycles. The lowest BCUT2D eigenvalue weighted by Gasteiger charge is -2.08. The number of carbonyl (C=O) groups is 1. The summed E-state index contributed by atoms with van der Waals surface area (Å²) >= 11 is 3.19. The molecule has 0 bridgehead atoms. The van der Waals surface area contributed by atoms with Crippen LogP contribution in [0.2, 0.25) is 0 Å². The monoisotopic (exact) mass is 375 g/mol. The molecule has 112 valence electrons. The van der Waals surface area contributed by atoms with Gasteiger partial charge in [-0.1, -0.05) is 0 Å². The molecule has 0 radical (unpaired) electrons. The zero-order valence-corrected chi connectivity index (χ0v) is 13.0. The van der Waals surface area contributed by atoms with E-state index in [9.17, 15) is 13.2 Å². The molecule has 8 nitrogen and oxygen atoms in total. The van der Waals surface area contributed by atoms with Gasteiger partial charge in [0, 0.05) is 6.07 Å². The summed E-state index contributed by atoms with van der Waals surface area (Å²) in [5.74, 6) is -0.860. The maximum atomic E-state index is 12.2. The Morgan fingerprint density at radius 1 is 1.43 bits per heavy atom. The van der Waals surface area contributed by atoms with Crippen LogP contribution in [-0.2, 0) is 10.0 Å². The molecule has 0 spiro atoms. The summed E-state index contributed by atoms with van der Waals surface area (Å²) in [7, 11) is -2.42. The number of carboxylic acids is 1. The molecule has 2 rings (SSSR count). The van der Waals surface area contributed by atoms with E-state index in [-0.39, 0.29) is 16.4 Å². The van der Waals surface area contributed by atoms with Crippen LogP contribution in [0.15, 0.2) is 33.6 Å². The summed E-state index contributed by atoms with van der Waals surface area (Å²) in [4.78, 5) is 10.7. The van der Waals surface area contributed by atoms with Gasteiger partial charge in [0.15, 0.2) is 5.82 Å². The highest BCUT2D eigenvalue weighted by Gasteiger charge is 2.18. The van der Waals surface area contributed by atoms with Gasteiger partial charge in [-0.15, -0.1) is 0 Å². The second-order valence-corrected chi connectivity index (χ2v) is 6.41. The van der Waals surface area contributed by atoms with Crippen molar-refractivity contribution >= 4 is 37.7 Å². The van der Waals surface area contributed by atoms with Crippen molar-refractivity contribution in [2.24, 2.45) is 0 Å². The number of carboxylic acid groups (broad SMARTS) is 1. The summed E-state index contributed by atoms with van der Waals surface area (Å²) in [6.07, 6.45) is 0. The van der Waals surface area contributed by atoms with Crippen molar-refractivity contribution in [2.45, 2.75) is 4.90 Å². The van der Waals surface area contributed by atoms with Gasteiger partial charge < -0.3 is 9.84 Å². The topological polar surface area (TPSA) is 121 Å². The van der Waals surface area contributed by atoms with Crippen molar-refractivity contribution in [2.75, 3.05) is 11.8 Å². The average Bonchev–Trinajstić information content (AvgIpc) is 2.86. The minimum Gasteiger partial charge on any atom is -0.496 e. The number of rotatable bonds is 5. The fraction of sp³-hybridized carbons (Fsp3) is 0.0909. The lowest BCUT2D eigenvalue weighted by molar-refractivity contribution is 0.0690. The van der Waals surface area contributed by atoms with Crippen molar-refractivity contribution < 1.29 is 23.1 Å². The van der Waals surface area contributed by atoms with Crippen LogP contribution in [0, 0.1) is 0 Å². The molecule has 10 heteroatoms. The second kappa shape index (κ2) is 5.74. The third-order valence-electron chi connectivity index (χ3n) is 2.48. The van der Waals surface area contributed by atoms with Gasteiger partial charge in [-0.2, -0.15) is 5.10 Å². The smallest absolute Gasteiger partial charge is 0.353 e. The predicted octanol–water partition coefficient (Wildman–Crippen LogP) is 1.68. The Morgan fingerprint density at radius 3 is 2.67 bits per heavy atom. The van der Waals surface area contributed by atoms with Crippen molar-refractivity contribution in [3.05, 3.63) is 34.4 Å². The van der Waals surface area contributed by atoms with Crippen molar-refractivity contribution in [1.82, 2.24) is 10.2 Å². The Bertz CT molecular complexity index is 787. The number of nitrogens with zero attached hydrogens (tertiary/aromatic N) is 1. The van der Waals surface area contributed by atoms with Crippen LogP contribution in [0.1, 0.15) is 10.5 Å². The molecule has 3 N–H and O–H groups in total. The molecule has 0 atom stereocenters. The second-order valence-electron chi connectivity index (χ2n) is 3.87. The molecule has 0 aliphatic heterocycles. The highest BCUT2D eigenvalue weighted by molar-refractivity contribution is 9.10. The first-order chi connectivity index (χ1) is 9.83. The first kappa shape index (κ1) is 15.3. The molecule has 0 aliphatic carbocycles. The van der Waals surface area contributed by atoms with E-state index in [0.717, 1.165) is 6.07 Å². The van der Waals surface area contributed by atoms with E-state index in [1.807, 2.05) is 0 Å². The number of hydrogen-bond acceptors (Lipinski definition) is 5. The molecule has 0 saturated heterocycles. The number of benzene rings is 1. The molecule has 0 fully saturated rings. The molecule has 0 unspecified atom stereocenters. The van der Waals surface area contributed by atoms with Crippen LogP contribution in [0.25, 0.3) is 0 Å². The van der Waals surface area contributed by atoms with Crippen molar-refractivity contribution in [1.29, 1.82) is 0 Å². The van der Waals surface area contributed by atoms with Gasteiger partial charge in [0.05, 0.1) is 16.5 Å². The molecule has 0 aliphatic rings. The summed E-state index contributed by atoms with van der Waals surface area (Å²) < 4.78 is 32.0. The minimum absolute atomic E-state index is 0.0185. The van der Waals surface area contributed by atoms with E-state index in [1.165, 1.54) is 25.3 Å². The molecule has 0 amide bonds. The number of aromatic nitrogens is 2. The SMILES string of the molecule is COc1ccc(S(=O)(=O)Nc2cc(C(=O)O)[nH]n2)cc1Br. The van der Waals surface area contributed by atoms with Crippen LogP contribution >= 0.6 is 15.9 Å². The summed E-state index contributed by atoms with van der Waals surface area (Å²) in [5.41, 5.74) is -0.219. The number of methoxy groups -OCH3 is 1. The molecule has 1 aromatic heterocycles. The number of H-pyrrole nitrogens is 1. The Balaban J connectivity index is 2.29. The number of halogens is 1. The van der Waals surface area contributed by atoms with Crippen LogP contribution < -0.4 is 9.46 Å². The van der Waals surface area contributed by atoms with Gasteiger partial charge in [0.25, 0.3) is 10.0 Å². The number of ether oxygens (including phenoxy) is 1. The standard InChI is InChI=1S/C11H10BrN3O5S/c1-20-9-3-2-6(4-7(9)12)21(18,19)15-10-5-8(11(16)17)13-14-10/h2-5H,1H3,(H,16,17)(H2,13,14,15). The van der Waals surface area contributed by atoms with Gasteiger partial charge in [0.1, 0.15) is 11.4 Å². The largest absolute Gasteiger partial charge is 0.496 e. The van der Waals surface area contributed by atoms with Crippen LogP contribution in [-0.4, -0.2) is 36.8 Å². The van der Waals surface area contributed by atoms with Gasteiger partial charge >= 0.3 is 5.97 Å². The average molecular weight is 376 g/mol. The Kier molecular flexibility index (Phi) is 4.19. The van der Waals surface area contributed by atoms with Gasteiger partial charge in [0.2, 0.25) is 0 Å². The quantitative estimate of drug-likeness (QED) is 0.730. The zero-order valence-electron chi connectivity index (χ0n) is 10.6. The van der Waals surface area contributed by atoms with Gasteiger partial charge in [-0.05, 0) is 34.1 Å².